The molecule has 0 saturated heterocycles. The van der Waals surface area contributed by atoms with E-state index in [0.29, 0.717) is 10.2 Å². The summed E-state index contributed by atoms with van der Waals surface area (Å²) in [6.45, 7) is 6.00. The summed E-state index contributed by atoms with van der Waals surface area (Å²) in [7, 11) is 0. The number of aromatic nitrogens is 1. The predicted octanol–water partition coefficient (Wildman–Crippen LogP) is 5.72. The molecule has 164 valence electrons. The number of rotatable bonds is 3. The van der Waals surface area contributed by atoms with Crippen LogP contribution in [0.25, 0.3) is 11.8 Å². The Morgan fingerprint density at radius 3 is 2.55 bits per heavy atom. The van der Waals surface area contributed by atoms with Gasteiger partial charge in [-0.1, -0.05) is 35.4 Å². The lowest BCUT2D eigenvalue weighted by atomic mass is 10.1. The smallest absolute Gasteiger partial charge is 0.283 e. The number of aryl methyl sites for hydroxylation is 2. The van der Waals surface area contributed by atoms with Crippen molar-refractivity contribution in [2.75, 3.05) is 0 Å². The monoisotopic (exact) mass is 473 g/mol. The van der Waals surface area contributed by atoms with Crippen LogP contribution in [-0.2, 0) is 4.79 Å². The van der Waals surface area contributed by atoms with E-state index >= 15 is 0 Å². The third-order valence-electron chi connectivity index (χ3n) is 5.57. The number of halogens is 1. The largest absolute Gasteiger partial charge is 0.318 e. The van der Waals surface area contributed by atoms with Crippen LogP contribution in [0.15, 0.2) is 70.3 Å². The Balaban J connectivity index is 1.51. The molecule has 2 aromatic carbocycles. The highest BCUT2D eigenvalue weighted by Crippen LogP contribution is 2.32. The number of fused-ring (bicyclic) bond motifs is 1. The van der Waals surface area contributed by atoms with Crippen LogP contribution >= 0.6 is 23.4 Å². The number of nitrogens with one attached hydrogen (secondary N) is 1. The number of amidine groups is 2. The summed E-state index contributed by atoms with van der Waals surface area (Å²) in [5.41, 5.74) is 6.07. The summed E-state index contributed by atoms with van der Waals surface area (Å²) in [5.74, 6) is -0.410. The maximum Gasteiger partial charge on any atom is 0.283 e. The molecule has 0 bridgehead atoms. The van der Waals surface area contributed by atoms with E-state index in [2.05, 4.69) is 14.7 Å². The Morgan fingerprint density at radius 2 is 1.82 bits per heavy atom. The van der Waals surface area contributed by atoms with Gasteiger partial charge in [0.05, 0.1) is 5.57 Å². The Hall–Kier alpha value is -3.42. The summed E-state index contributed by atoms with van der Waals surface area (Å²) < 4.78 is 2.09. The number of nitrogens with zero attached hydrogens (tertiary/aromatic N) is 4. The average molecular weight is 474 g/mol. The van der Waals surface area contributed by atoms with Crippen molar-refractivity contribution >= 4 is 51.4 Å². The second kappa shape index (κ2) is 8.17. The Kier molecular flexibility index (Phi) is 5.31. The molecule has 33 heavy (non-hydrogen) atoms. The van der Waals surface area contributed by atoms with Gasteiger partial charge in [0.25, 0.3) is 5.91 Å². The quantitative estimate of drug-likeness (QED) is 0.494. The Labute approximate surface area is 200 Å². The standard InChI is InChI=1S/C25H20ClN5OS/c1-14-5-4-6-17(11-14)24-29-31-22(27)21(23(32)28-25(31)33-24)13-18-12-15(2)30(16(18)3)20-9-7-19(26)8-10-20/h4-13,27H,1-3H3. The highest BCUT2D eigenvalue weighted by Gasteiger charge is 2.36. The van der Waals surface area contributed by atoms with Crippen molar-refractivity contribution in [2.45, 2.75) is 20.8 Å². The normalized spacial score (nSPS) is 16.8. The number of amides is 1. The van der Waals surface area contributed by atoms with Crippen LogP contribution in [0.1, 0.15) is 28.1 Å². The van der Waals surface area contributed by atoms with Crippen LogP contribution in [0.2, 0.25) is 5.02 Å². The van der Waals surface area contributed by atoms with Gasteiger partial charge in [0.1, 0.15) is 5.04 Å². The summed E-state index contributed by atoms with van der Waals surface area (Å²) in [6.07, 6.45) is 1.73. The van der Waals surface area contributed by atoms with Crippen molar-refractivity contribution in [1.82, 2.24) is 9.58 Å². The SMILES string of the molecule is Cc1cccc(C2=NN3C(=N)C(=Cc4cc(C)n(-c5ccc(Cl)cc5)c4C)C(=O)N=C3S2)c1. The molecular weight excluding hydrogens is 454 g/mol. The molecule has 0 radical (unpaired) electrons. The highest BCUT2D eigenvalue weighted by atomic mass is 35.5. The van der Waals surface area contributed by atoms with Gasteiger partial charge in [-0.3, -0.25) is 10.2 Å². The molecule has 2 aliphatic heterocycles. The minimum absolute atomic E-state index is 0.0245. The molecule has 8 heteroatoms. The fourth-order valence-corrected chi connectivity index (χ4v) is 4.98. The average Bonchev–Trinajstić information content (AvgIpc) is 3.33. The third kappa shape index (κ3) is 3.83. The van der Waals surface area contributed by atoms with Crippen molar-refractivity contribution < 1.29 is 4.79 Å². The number of thioether (sulfide) groups is 1. The van der Waals surface area contributed by atoms with Gasteiger partial charge in [-0.2, -0.15) is 15.1 Å². The van der Waals surface area contributed by atoms with E-state index in [1.807, 2.05) is 75.4 Å². The number of benzene rings is 2. The van der Waals surface area contributed by atoms with Gasteiger partial charge in [0, 0.05) is 27.7 Å². The van der Waals surface area contributed by atoms with Gasteiger partial charge in [-0.15, -0.1) is 0 Å². The first-order valence-electron chi connectivity index (χ1n) is 10.3. The first-order chi connectivity index (χ1) is 15.8. The highest BCUT2D eigenvalue weighted by molar-refractivity contribution is 8.27. The predicted molar refractivity (Wildman–Crippen MR) is 136 cm³/mol. The fraction of sp³-hybridized carbons (Fsp3) is 0.120. The van der Waals surface area contributed by atoms with Crippen LogP contribution < -0.4 is 0 Å². The van der Waals surface area contributed by atoms with Crippen molar-refractivity contribution in [3.8, 4) is 5.69 Å². The second-order valence-corrected chi connectivity index (χ2v) is 9.33. The minimum atomic E-state index is -0.435. The number of aliphatic imine (C=N–C) groups is 1. The molecule has 3 aromatic rings. The first kappa shape index (κ1) is 21.4. The lowest BCUT2D eigenvalue weighted by Gasteiger charge is -2.20. The summed E-state index contributed by atoms with van der Waals surface area (Å²) in [4.78, 5) is 17.1. The van der Waals surface area contributed by atoms with Crippen molar-refractivity contribution in [3.05, 3.63) is 93.3 Å². The summed E-state index contributed by atoms with van der Waals surface area (Å²) >= 11 is 7.34. The Bertz CT molecular complexity index is 1420. The minimum Gasteiger partial charge on any atom is -0.318 e. The van der Waals surface area contributed by atoms with Gasteiger partial charge in [-0.05, 0) is 80.6 Å². The van der Waals surface area contributed by atoms with Gasteiger partial charge in [-0.25, -0.2) is 0 Å². The van der Waals surface area contributed by atoms with E-state index in [0.717, 1.165) is 38.8 Å². The van der Waals surface area contributed by atoms with Crippen LogP contribution in [0, 0.1) is 26.2 Å². The molecule has 0 atom stereocenters. The molecule has 2 aliphatic rings. The third-order valence-corrected chi connectivity index (χ3v) is 6.78. The van der Waals surface area contributed by atoms with E-state index in [9.17, 15) is 4.79 Å². The molecule has 0 fully saturated rings. The van der Waals surface area contributed by atoms with E-state index in [1.165, 1.54) is 16.8 Å². The van der Waals surface area contributed by atoms with E-state index < -0.39 is 5.91 Å². The second-order valence-electron chi connectivity index (χ2n) is 7.93. The molecule has 6 nitrogen and oxygen atoms in total. The zero-order valence-corrected chi connectivity index (χ0v) is 19.8. The number of hydrazone groups is 1. The molecule has 1 aromatic heterocycles. The van der Waals surface area contributed by atoms with Crippen molar-refractivity contribution in [1.29, 1.82) is 5.41 Å². The van der Waals surface area contributed by atoms with E-state index in [4.69, 9.17) is 17.0 Å². The molecule has 0 saturated carbocycles. The summed E-state index contributed by atoms with van der Waals surface area (Å²) in [5, 5.41) is 16.5. The van der Waals surface area contributed by atoms with Gasteiger partial charge in [0.2, 0.25) is 5.17 Å². The molecule has 0 unspecified atom stereocenters. The molecular formula is C25H20ClN5OS. The van der Waals surface area contributed by atoms with E-state index in [-0.39, 0.29) is 11.4 Å². The maximum atomic E-state index is 12.9. The number of hydrogen-bond donors (Lipinski definition) is 1. The lowest BCUT2D eigenvalue weighted by molar-refractivity contribution is -0.114. The molecule has 0 aliphatic carbocycles. The van der Waals surface area contributed by atoms with Crippen LogP contribution in [-0.4, -0.2) is 31.5 Å². The zero-order chi connectivity index (χ0) is 23.3. The zero-order valence-electron chi connectivity index (χ0n) is 18.3. The van der Waals surface area contributed by atoms with Gasteiger partial charge < -0.3 is 4.57 Å². The molecule has 0 spiro atoms. The molecule has 1 amide bonds. The lowest BCUT2D eigenvalue weighted by Crippen LogP contribution is -2.35. The fourth-order valence-electron chi connectivity index (χ4n) is 3.96. The van der Waals surface area contributed by atoms with Crippen LogP contribution in [0.5, 0.6) is 0 Å². The molecule has 5 rings (SSSR count). The van der Waals surface area contributed by atoms with Crippen molar-refractivity contribution in [2.24, 2.45) is 10.1 Å². The number of carbonyl (C=O) groups is 1. The number of carbonyl (C=O) groups excluding carboxylic acids is 1. The molecule has 1 N–H and O–H groups in total. The topological polar surface area (TPSA) is 73.8 Å². The van der Waals surface area contributed by atoms with Crippen molar-refractivity contribution in [3.63, 3.8) is 0 Å². The van der Waals surface area contributed by atoms with Gasteiger partial charge >= 0.3 is 0 Å². The first-order valence-corrected chi connectivity index (χ1v) is 11.5. The van der Waals surface area contributed by atoms with Crippen LogP contribution in [0.4, 0.5) is 0 Å². The Morgan fingerprint density at radius 1 is 1.06 bits per heavy atom. The number of hydrogen-bond acceptors (Lipinski definition) is 4. The summed E-state index contributed by atoms with van der Waals surface area (Å²) in [6, 6.07) is 17.6. The van der Waals surface area contributed by atoms with Crippen LogP contribution in [0.3, 0.4) is 0 Å². The van der Waals surface area contributed by atoms with E-state index in [1.54, 1.807) is 6.08 Å². The molecule has 3 heterocycles. The van der Waals surface area contributed by atoms with Gasteiger partial charge in [0.15, 0.2) is 5.84 Å². The maximum absolute atomic E-state index is 12.9.